The first-order chi connectivity index (χ1) is 48.5. The van der Waals surface area contributed by atoms with Crippen LogP contribution in [-0.2, 0) is 0 Å². The normalized spacial score (nSPS) is 11.5. The highest BCUT2D eigenvalue weighted by Gasteiger charge is 2.18. The molecule has 0 N–H and O–H groups in total. The van der Waals surface area contributed by atoms with E-state index in [0.717, 1.165) is 94.8 Å². The van der Waals surface area contributed by atoms with Crippen molar-refractivity contribution in [2.24, 2.45) is 0 Å². The van der Waals surface area contributed by atoms with Crippen molar-refractivity contribution < 1.29 is 0 Å². The molecule has 3 heterocycles. The van der Waals surface area contributed by atoms with Crippen molar-refractivity contribution in [1.82, 2.24) is 24.1 Å². The van der Waals surface area contributed by atoms with Crippen LogP contribution in [-0.4, -0.2) is 24.1 Å². The molecular weight excluding hydrogens is 1190 g/mol. The van der Waals surface area contributed by atoms with E-state index in [1.165, 1.54) is 65.9 Å². The Kier molecular flexibility index (Phi) is 14.5. The highest BCUT2D eigenvalue weighted by molar-refractivity contribution is 6.10. The minimum Gasteiger partial charge on any atom is -0.309 e. The first-order valence-electron chi connectivity index (χ1n) is 33.4. The Labute approximate surface area is 568 Å². The summed E-state index contributed by atoms with van der Waals surface area (Å²) in [5.41, 5.74) is 28.0. The molecule has 5 heteroatoms. The van der Waals surface area contributed by atoms with E-state index in [1.54, 1.807) is 0 Å². The number of aromatic nitrogens is 5. The van der Waals surface area contributed by atoms with Crippen LogP contribution in [0.25, 0.3) is 178 Å². The molecule has 18 rings (SSSR count). The average molecular weight is 1250 g/mol. The monoisotopic (exact) mass is 1250 g/mol. The summed E-state index contributed by atoms with van der Waals surface area (Å²) in [7, 11) is 0. The van der Waals surface area contributed by atoms with E-state index < -0.39 is 0 Å². The molecule has 0 fully saturated rings. The Hall–Kier alpha value is -13.1. The van der Waals surface area contributed by atoms with Gasteiger partial charge in [-0.15, -0.1) is 0 Å². The summed E-state index contributed by atoms with van der Waals surface area (Å²) < 4.78 is 4.75. The molecule has 98 heavy (non-hydrogen) atoms. The van der Waals surface area contributed by atoms with Crippen molar-refractivity contribution in [2.45, 2.75) is 0 Å². The van der Waals surface area contributed by atoms with Crippen molar-refractivity contribution in [3.05, 3.63) is 370 Å². The van der Waals surface area contributed by atoms with Gasteiger partial charge in [0.15, 0.2) is 17.5 Å². The van der Waals surface area contributed by atoms with E-state index in [9.17, 15) is 0 Å². The molecule has 0 unspecified atom stereocenters. The lowest BCUT2D eigenvalue weighted by atomic mass is 9.94. The zero-order valence-electron chi connectivity index (χ0n) is 53.5. The number of benzene rings is 15. The third kappa shape index (κ3) is 10.8. The second kappa shape index (κ2) is 24.7. The van der Waals surface area contributed by atoms with Gasteiger partial charge in [-0.05, 0) is 168 Å². The lowest BCUT2D eigenvalue weighted by molar-refractivity contribution is 1.07. The van der Waals surface area contributed by atoms with Crippen LogP contribution >= 0.6 is 0 Å². The summed E-state index contributed by atoms with van der Waals surface area (Å²) in [6.07, 6.45) is 0. The van der Waals surface area contributed by atoms with Gasteiger partial charge in [-0.25, -0.2) is 15.0 Å². The predicted octanol–water partition coefficient (Wildman–Crippen LogP) is 24.4. The van der Waals surface area contributed by atoms with Gasteiger partial charge >= 0.3 is 0 Å². The Morgan fingerprint density at radius 3 is 0.612 bits per heavy atom. The van der Waals surface area contributed by atoms with E-state index in [-0.39, 0.29) is 0 Å². The van der Waals surface area contributed by atoms with Crippen molar-refractivity contribution >= 4 is 43.6 Å². The van der Waals surface area contributed by atoms with E-state index in [0.29, 0.717) is 17.5 Å². The van der Waals surface area contributed by atoms with Crippen molar-refractivity contribution in [3.63, 3.8) is 0 Å². The predicted molar refractivity (Wildman–Crippen MR) is 408 cm³/mol. The number of para-hydroxylation sites is 4. The van der Waals surface area contributed by atoms with Crippen LogP contribution in [0, 0.1) is 0 Å². The highest BCUT2D eigenvalue weighted by Crippen LogP contribution is 2.39. The molecule has 0 amide bonds. The molecule has 5 nitrogen and oxygen atoms in total. The summed E-state index contributed by atoms with van der Waals surface area (Å²) in [6.45, 7) is 0. The van der Waals surface area contributed by atoms with Crippen LogP contribution in [0.2, 0.25) is 0 Å². The number of fused-ring (bicyclic) bond motifs is 6. The molecule has 18 aromatic rings. The van der Waals surface area contributed by atoms with Gasteiger partial charge in [-0.1, -0.05) is 291 Å². The van der Waals surface area contributed by atoms with E-state index >= 15 is 0 Å². The van der Waals surface area contributed by atoms with Gasteiger partial charge in [0, 0.05) is 49.6 Å². The average Bonchev–Trinajstić information content (AvgIpc) is 1.55. The maximum absolute atomic E-state index is 5.27. The molecule has 458 valence electrons. The highest BCUT2D eigenvalue weighted by atomic mass is 15.0. The molecule has 0 bridgehead atoms. The molecule has 0 radical (unpaired) electrons. The quantitative estimate of drug-likeness (QED) is 0.116. The standard InChI is InChI=1S/C93H61N5/c1-2-19-62(20-3-1)69-21-12-25-73(55-69)75-27-16-28-76(59-75)74-26-13-22-70(56-74)63-43-49-66(50-44-63)91-94-92(67-51-45-64(46-52-67)71-23-14-29-77(57-71)79-31-17-33-81(60-79)97-87-39-8-4-35-83(87)84-36-5-9-40-88(84)97)96-93(95-91)68-53-47-65(48-54-68)72-24-15-30-78(58-72)80-32-18-34-82(61-80)98-89-41-10-6-37-85(89)86-38-7-11-42-90(86)98/h1-61H. The molecule has 0 atom stereocenters. The fourth-order valence-electron chi connectivity index (χ4n) is 14.3. The Balaban J connectivity index is 0.662. The SMILES string of the molecule is c1ccc(-c2cccc(-c3cccc(-c4cccc(-c5ccc(-c6nc(-c7ccc(-c8cccc(-c9cccc(-n%10c%11ccccc%11c%11ccccc%11%10)c9)c8)cc7)nc(-c7ccc(-c8cccc(-c9cccc(-n%10c%11ccccc%11c%11ccccc%11%10)c9)c8)cc7)n6)cc5)c4)c3)c2)cc1. The molecule has 3 aromatic heterocycles. The van der Waals surface area contributed by atoms with Gasteiger partial charge in [0.05, 0.1) is 22.1 Å². The van der Waals surface area contributed by atoms with Crippen LogP contribution in [0.3, 0.4) is 0 Å². The Bertz CT molecular complexity index is 5670. The van der Waals surface area contributed by atoms with E-state index in [2.05, 4.69) is 379 Å². The molecule has 0 aliphatic heterocycles. The van der Waals surface area contributed by atoms with Crippen molar-refractivity contribution in [3.8, 4) is 135 Å². The zero-order valence-corrected chi connectivity index (χ0v) is 53.5. The van der Waals surface area contributed by atoms with Crippen LogP contribution in [0.15, 0.2) is 370 Å². The van der Waals surface area contributed by atoms with E-state index in [4.69, 9.17) is 15.0 Å². The van der Waals surface area contributed by atoms with Gasteiger partial charge in [-0.3, -0.25) is 0 Å². The van der Waals surface area contributed by atoms with Crippen LogP contribution in [0.5, 0.6) is 0 Å². The second-order valence-electron chi connectivity index (χ2n) is 25.1. The lowest BCUT2D eigenvalue weighted by Gasteiger charge is -2.12. The molecule has 0 aliphatic carbocycles. The zero-order chi connectivity index (χ0) is 64.9. The van der Waals surface area contributed by atoms with Gasteiger partial charge in [0.1, 0.15) is 0 Å². The first kappa shape index (κ1) is 57.6. The van der Waals surface area contributed by atoms with Gasteiger partial charge in [0.25, 0.3) is 0 Å². The maximum Gasteiger partial charge on any atom is 0.164 e. The van der Waals surface area contributed by atoms with Crippen molar-refractivity contribution in [2.75, 3.05) is 0 Å². The molecule has 0 aliphatic rings. The van der Waals surface area contributed by atoms with Gasteiger partial charge < -0.3 is 9.13 Å². The number of hydrogen-bond donors (Lipinski definition) is 0. The summed E-state index contributed by atoms with van der Waals surface area (Å²) in [6, 6.07) is 133. The minimum atomic E-state index is 0.595. The lowest BCUT2D eigenvalue weighted by Crippen LogP contribution is -2.00. The molecule has 0 spiro atoms. The van der Waals surface area contributed by atoms with Gasteiger partial charge in [-0.2, -0.15) is 0 Å². The fraction of sp³-hybridized carbons (Fsp3) is 0. The molecule has 0 saturated heterocycles. The minimum absolute atomic E-state index is 0.595. The number of hydrogen-bond acceptors (Lipinski definition) is 3. The van der Waals surface area contributed by atoms with Crippen molar-refractivity contribution in [1.29, 1.82) is 0 Å². The maximum atomic E-state index is 5.27. The Morgan fingerprint density at radius 1 is 0.143 bits per heavy atom. The van der Waals surface area contributed by atoms with Crippen LogP contribution in [0.4, 0.5) is 0 Å². The summed E-state index contributed by atoms with van der Waals surface area (Å²) in [5.74, 6) is 1.79. The third-order valence-corrected chi connectivity index (χ3v) is 19.2. The Morgan fingerprint density at radius 2 is 0.337 bits per heavy atom. The summed E-state index contributed by atoms with van der Waals surface area (Å²) in [5, 5.41) is 4.99. The van der Waals surface area contributed by atoms with E-state index in [1.807, 2.05) is 0 Å². The first-order valence-corrected chi connectivity index (χ1v) is 33.4. The van der Waals surface area contributed by atoms with Crippen LogP contribution in [0.1, 0.15) is 0 Å². The summed E-state index contributed by atoms with van der Waals surface area (Å²) in [4.78, 5) is 15.8. The largest absolute Gasteiger partial charge is 0.309 e. The second-order valence-corrected chi connectivity index (χ2v) is 25.1. The van der Waals surface area contributed by atoms with Gasteiger partial charge in [0.2, 0.25) is 0 Å². The fourth-order valence-corrected chi connectivity index (χ4v) is 14.3. The molecular formula is C93H61N5. The topological polar surface area (TPSA) is 48.5 Å². The smallest absolute Gasteiger partial charge is 0.164 e. The molecule has 0 saturated carbocycles. The van der Waals surface area contributed by atoms with Crippen LogP contribution < -0.4 is 0 Å². The third-order valence-electron chi connectivity index (χ3n) is 19.2. The molecule has 15 aromatic carbocycles. The summed E-state index contributed by atoms with van der Waals surface area (Å²) >= 11 is 0. The number of nitrogens with zero attached hydrogens (tertiary/aromatic N) is 5. The number of rotatable bonds is 13.